The predicted octanol–water partition coefficient (Wildman–Crippen LogP) is -0.880. The van der Waals surface area contributed by atoms with Crippen molar-refractivity contribution >= 4 is 11.8 Å². The SMILES string of the molecule is CN1CC2(COCC1=O)CN(C(=O)c1cnn(C)c1)CCO2. The van der Waals surface area contributed by atoms with Gasteiger partial charge in [0.1, 0.15) is 12.2 Å². The van der Waals surface area contributed by atoms with Crippen LogP contribution >= 0.6 is 0 Å². The van der Waals surface area contributed by atoms with Gasteiger partial charge >= 0.3 is 0 Å². The van der Waals surface area contributed by atoms with Gasteiger partial charge in [0, 0.05) is 26.8 Å². The van der Waals surface area contributed by atoms with E-state index in [1.54, 1.807) is 41.0 Å². The average molecular weight is 308 g/mol. The quantitative estimate of drug-likeness (QED) is 0.673. The molecule has 22 heavy (non-hydrogen) atoms. The first kappa shape index (κ1) is 15.0. The fraction of sp³-hybridized carbons (Fsp3) is 0.643. The molecule has 0 radical (unpaired) electrons. The van der Waals surface area contributed by atoms with Crippen LogP contribution in [0.15, 0.2) is 12.4 Å². The summed E-state index contributed by atoms with van der Waals surface area (Å²) in [6.45, 7) is 2.13. The van der Waals surface area contributed by atoms with Crippen molar-refractivity contribution in [3.63, 3.8) is 0 Å². The van der Waals surface area contributed by atoms with Gasteiger partial charge in [-0.3, -0.25) is 14.3 Å². The summed E-state index contributed by atoms with van der Waals surface area (Å²) in [6, 6.07) is 0. The van der Waals surface area contributed by atoms with Crippen molar-refractivity contribution in [2.75, 3.05) is 46.5 Å². The summed E-state index contributed by atoms with van der Waals surface area (Å²) in [5.41, 5.74) is -0.102. The number of ether oxygens (including phenoxy) is 2. The summed E-state index contributed by atoms with van der Waals surface area (Å²) in [6.07, 6.45) is 3.26. The van der Waals surface area contributed by atoms with Crippen LogP contribution in [0.5, 0.6) is 0 Å². The molecule has 2 aliphatic heterocycles. The van der Waals surface area contributed by atoms with Crippen molar-refractivity contribution in [3.05, 3.63) is 18.0 Å². The van der Waals surface area contributed by atoms with Crippen molar-refractivity contribution in [3.8, 4) is 0 Å². The van der Waals surface area contributed by atoms with E-state index in [4.69, 9.17) is 9.47 Å². The van der Waals surface area contributed by atoms with E-state index in [1.165, 1.54) is 0 Å². The number of likely N-dealkylation sites (N-methyl/N-ethyl adjacent to an activating group) is 1. The lowest BCUT2D eigenvalue weighted by molar-refractivity contribution is -0.135. The Labute approximate surface area is 128 Å². The molecule has 1 unspecified atom stereocenters. The third-order valence-electron chi connectivity index (χ3n) is 4.03. The standard InChI is InChI=1S/C14H20N4O4/c1-16-8-14(10-21-7-12(16)19)9-18(3-4-22-14)13(20)11-5-15-17(2)6-11/h5-6H,3-4,7-10H2,1-2H3. The fourth-order valence-electron chi connectivity index (χ4n) is 2.92. The van der Waals surface area contributed by atoms with E-state index in [0.717, 1.165) is 0 Å². The van der Waals surface area contributed by atoms with Gasteiger partial charge in [0.15, 0.2) is 0 Å². The van der Waals surface area contributed by atoms with Crippen molar-refractivity contribution < 1.29 is 19.1 Å². The number of amides is 2. The van der Waals surface area contributed by atoms with Gasteiger partial charge in [0.2, 0.25) is 5.91 Å². The van der Waals surface area contributed by atoms with E-state index in [0.29, 0.717) is 38.4 Å². The smallest absolute Gasteiger partial charge is 0.257 e. The maximum Gasteiger partial charge on any atom is 0.257 e. The molecule has 1 spiro atoms. The molecule has 2 amide bonds. The van der Waals surface area contributed by atoms with E-state index in [2.05, 4.69) is 5.10 Å². The molecular formula is C14H20N4O4. The summed E-state index contributed by atoms with van der Waals surface area (Å²) in [5.74, 6) is -0.148. The van der Waals surface area contributed by atoms with Crippen LogP contribution in [0.4, 0.5) is 0 Å². The van der Waals surface area contributed by atoms with Crippen LogP contribution in [0.25, 0.3) is 0 Å². The number of aryl methyl sites for hydroxylation is 1. The molecular weight excluding hydrogens is 288 g/mol. The van der Waals surface area contributed by atoms with Crippen LogP contribution < -0.4 is 0 Å². The number of morpholine rings is 1. The topological polar surface area (TPSA) is 76.9 Å². The molecule has 1 atom stereocenters. The van der Waals surface area contributed by atoms with Gasteiger partial charge in [-0.2, -0.15) is 5.10 Å². The molecule has 0 saturated carbocycles. The molecule has 1 aromatic rings. The molecule has 2 aliphatic rings. The molecule has 1 aromatic heterocycles. The number of aromatic nitrogens is 2. The molecule has 0 aliphatic carbocycles. The number of rotatable bonds is 1. The zero-order valence-corrected chi connectivity index (χ0v) is 12.8. The second kappa shape index (κ2) is 5.69. The number of hydrogen-bond donors (Lipinski definition) is 0. The Bertz CT molecular complexity index is 587. The monoisotopic (exact) mass is 308 g/mol. The fourth-order valence-corrected chi connectivity index (χ4v) is 2.92. The highest BCUT2D eigenvalue weighted by molar-refractivity contribution is 5.93. The number of carbonyl (C=O) groups is 2. The van der Waals surface area contributed by atoms with E-state index in [1.807, 2.05) is 0 Å². The molecule has 2 fully saturated rings. The Morgan fingerprint density at radius 3 is 2.91 bits per heavy atom. The Balaban J connectivity index is 1.76. The summed E-state index contributed by atoms with van der Waals surface area (Å²) >= 11 is 0. The molecule has 8 nitrogen and oxygen atoms in total. The number of nitrogens with zero attached hydrogens (tertiary/aromatic N) is 4. The highest BCUT2D eigenvalue weighted by Gasteiger charge is 2.42. The first-order valence-corrected chi connectivity index (χ1v) is 7.23. The van der Waals surface area contributed by atoms with Gasteiger partial charge in [0.05, 0.1) is 38.1 Å². The minimum atomic E-state index is -0.656. The largest absolute Gasteiger partial charge is 0.368 e. The second-order valence-corrected chi connectivity index (χ2v) is 5.90. The summed E-state index contributed by atoms with van der Waals surface area (Å²) < 4.78 is 12.9. The molecule has 0 bridgehead atoms. The van der Waals surface area contributed by atoms with E-state index < -0.39 is 5.60 Å². The highest BCUT2D eigenvalue weighted by atomic mass is 16.5. The molecule has 0 aromatic carbocycles. The zero-order chi connectivity index (χ0) is 15.7. The van der Waals surface area contributed by atoms with Crippen molar-refractivity contribution in [1.82, 2.24) is 19.6 Å². The molecule has 0 N–H and O–H groups in total. The summed E-state index contributed by atoms with van der Waals surface area (Å²) in [7, 11) is 3.50. The lowest BCUT2D eigenvalue weighted by Gasteiger charge is -2.42. The molecule has 3 rings (SSSR count). The Kier molecular flexibility index (Phi) is 3.88. The number of hydrogen-bond acceptors (Lipinski definition) is 5. The highest BCUT2D eigenvalue weighted by Crippen LogP contribution is 2.23. The minimum absolute atomic E-state index is 0.0537. The third kappa shape index (κ3) is 2.84. The van der Waals surface area contributed by atoms with Crippen LogP contribution in [-0.4, -0.2) is 83.5 Å². The summed E-state index contributed by atoms with van der Waals surface area (Å²) in [4.78, 5) is 27.6. The van der Waals surface area contributed by atoms with Gasteiger partial charge in [-0.1, -0.05) is 0 Å². The normalized spacial score (nSPS) is 26.4. The molecule has 8 heteroatoms. The Morgan fingerprint density at radius 2 is 2.18 bits per heavy atom. The summed E-state index contributed by atoms with van der Waals surface area (Å²) in [5, 5.41) is 4.03. The molecule has 3 heterocycles. The lowest BCUT2D eigenvalue weighted by Crippen LogP contribution is -2.59. The predicted molar refractivity (Wildman–Crippen MR) is 76.3 cm³/mol. The Hall–Kier alpha value is -1.93. The molecule has 2 saturated heterocycles. The zero-order valence-electron chi connectivity index (χ0n) is 12.8. The first-order chi connectivity index (χ1) is 10.5. The van der Waals surface area contributed by atoms with Crippen molar-refractivity contribution in [2.45, 2.75) is 5.60 Å². The van der Waals surface area contributed by atoms with E-state index in [9.17, 15) is 9.59 Å². The van der Waals surface area contributed by atoms with E-state index >= 15 is 0 Å². The van der Waals surface area contributed by atoms with Crippen LogP contribution in [0, 0.1) is 0 Å². The van der Waals surface area contributed by atoms with Gasteiger partial charge < -0.3 is 19.3 Å². The second-order valence-electron chi connectivity index (χ2n) is 5.90. The van der Waals surface area contributed by atoms with Gasteiger partial charge in [-0.15, -0.1) is 0 Å². The van der Waals surface area contributed by atoms with Gasteiger partial charge in [-0.25, -0.2) is 0 Å². The van der Waals surface area contributed by atoms with Crippen molar-refractivity contribution in [1.29, 1.82) is 0 Å². The van der Waals surface area contributed by atoms with E-state index in [-0.39, 0.29) is 18.4 Å². The maximum atomic E-state index is 12.6. The van der Waals surface area contributed by atoms with Crippen LogP contribution in [0.2, 0.25) is 0 Å². The average Bonchev–Trinajstić information content (AvgIpc) is 2.87. The maximum absolute atomic E-state index is 12.6. The van der Waals surface area contributed by atoms with Crippen LogP contribution in [0.1, 0.15) is 10.4 Å². The molecule has 120 valence electrons. The van der Waals surface area contributed by atoms with Gasteiger partial charge in [-0.05, 0) is 0 Å². The van der Waals surface area contributed by atoms with Crippen molar-refractivity contribution in [2.24, 2.45) is 7.05 Å². The lowest BCUT2D eigenvalue weighted by atomic mass is 10.0. The van der Waals surface area contributed by atoms with Gasteiger partial charge in [0.25, 0.3) is 5.91 Å². The van der Waals surface area contributed by atoms with Crippen LogP contribution in [-0.2, 0) is 21.3 Å². The minimum Gasteiger partial charge on any atom is -0.368 e. The number of carbonyl (C=O) groups excluding carboxylic acids is 2. The third-order valence-corrected chi connectivity index (χ3v) is 4.03. The Morgan fingerprint density at radius 1 is 1.36 bits per heavy atom. The van der Waals surface area contributed by atoms with Crippen LogP contribution in [0.3, 0.4) is 0 Å². The first-order valence-electron chi connectivity index (χ1n) is 7.23.